The SMILES string of the molecule is Cc1cc(Cl)ccc1OCCCC(=O)NNC(=S)NC[C@@H]1CCCO1. The van der Waals surface area contributed by atoms with Gasteiger partial charge in [0.15, 0.2) is 5.11 Å². The molecule has 8 heteroatoms. The minimum Gasteiger partial charge on any atom is -0.493 e. The lowest BCUT2D eigenvalue weighted by Gasteiger charge is -2.14. The summed E-state index contributed by atoms with van der Waals surface area (Å²) in [6, 6.07) is 5.46. The van der Waals surface area contributed by atoms with E-state index in [-0.39, 0.29) is 12.0 Å². The summed E-state index contributed by atoms with van der Waals surface area (Å²) in [5, 5.41) is 4.09. The van der Waals surface area contributed by atoms with Gasteiger partial charge in [-0.2, -0.15) is 0 Å². The van der Waals surface area contributed by atoms with Gasteiger partial charge in [0.2, 0.25) is 5.91 Å². The molecule has 2 rings (SSSR count). The van der Waals surface area contributed by atoms with Gasteiger partial charge in [0.05, 0.1) is 12.7 Å². The molecule has 0 unspecified atom stereocenters. The predicted molar refractivity (Wildman–Crippen MR) is 102 cm³/mol. The Bertz CT molecular complexity index is 595. The molecule has 0 saturated carbocycles. The van der Waals surface area contributed by atoms with Crippen LogP contribution in [-0.2, 0) is 9.53 Å². The largest absolute Gasteiger partial charge is 0.493 e. The second-order valence-electron chi connectivity index (χ2n) is 5.88. The Balaban J connectivity index is 1.53. The average molecular weight is 386 g/mol. The number of hydrogen-bond acceptors (Lipinski definition) is 4. The van der Waals surface area contributed by atoms with Crippen LogP contribution in [-0.4, -0.2) is 36.9 Å². The van der Waals surface area contributed by atoms with Crippen LogP contribution in [0.5, 0.6) is 5.75 Å². The number of hydrogen-bond donors (Lipinski definition) is 3. The van der Waals surface area contributed by atoms with Gasteiger partial charge in [0.25, 0.3) is 0 Å². The number of ether oxygens (including phenoxy) is 2. The monoisotopic (exact) mass is 385 g/mol. The Morgan fingerprint density at radius 3 is 3.00 bits per heavy atom. The van der Waals surface area contributed by atoms with Gasteiger partial charge in [-0.25, -0.2) is 0 Å². The van der Waals surface area contributed by atoms with Gasteiger partial charge in [0.1, 0.15) is 5.75 Å². The predicted octanol–water partition coefficient (Wildman–Crippen LogP) is 2.48. The third-order valence-electron chi connectivity index (χ3n) is 3.77. The van der Waals surface area contributed by atoms with Gasteiger partial charge >= 0.3 is 0 Å². The molecule has 1 heterocycles. The van der Waals surface area contributed by atoms with Crippen LogP contribution in [0.1, 0.15) is 31.2 Å². The molecule has 0 aliphatic carbocycles. The molecule has 1 atom stereocenters. The van der Waals surface area contributed by atoms with Gasteiger partial charge in [-0.1, -0.05) is 11.6 Å². The van der Waals surface area contributed by atoms with E-state index in [1.807, 2.05) is 19.1 Å². The highest BCUT2D eigenvalue weighted by Gasteiger charge is 2.15. The first-order valence-corrected chi connectivity index (χ1v) is 9.16. The maximum Gasteiger partial charge on any atom is 0.238 e. The quantitative estimate of drug-likeness (QED) is 0.380. The number of nitrogens with one attached hydrogen (secondary N) is 3. The molecule has 138 valence electrons. The number of amides is 1. The van der Waals surface area contributed by atoms with Gasteiger partial charge in [-0.3, -0.25) is 15.6 Å². The van der Waals surface area contributed by atoms with Crippen molar-refractivity contribution in [3.05, 3.63) is 28.8 Å². The van der Waals surface area contributed by atoms with Crippen molar-refractivity contribution >= 4 is 34.8 Å². The van der Waals surface area contributed by atoms with Crippen molar-refractivity contribution in [2.24, 2.45) is 0 Å². The van der Waals surface area contributed by atoms with Crippen molar-refractivity contribution in [2.45, 2.75) is 38.7 Å². The van der Waals surface area contributed by atoms with Crippen LogP contribution in [0.2, 0.25) is 5.02 Å². The van der Waals surface area contributed by atoms with E-state index >= 15 is 0 Å². The lowest BCUT2D eigenvalue weighted by molar-refractivity contribution is -0.121. The van der Waals surface area contributed by atoms with Gasteiger partial charge < -0.3 is 14.8 Å². The standard InChI is InChI=1S/C17H24ClN3O3S/c1-12-10-13(18)6-7-15(12)24-9-3-5-16(22)20-21-17(25)19-11-14-4-2-8-23-14/h6-7,10,14H,2-5,8-9,11H2,1H3,(H,20,22)(H2,19,21,25)/t14-/m0/s1. The molecule has 0 bridgehead atoms. The maximum atomic E-state index is 11.8. The first-order chi connectivity index (χ1) is 12.0. The lowest BCUT2D eigenvalue weighted by atomic mass is 10.2. The molecule has 6 nitrogen and oxygen atoms in total. The summed E-state index contributed by atoms with van der Waals surface area (Å²) in [6.45, 7) is 3.84. The highest BCUT2D eigenvalue weighted by molar-refractivity contribution is 7.80. The highest BCUT2D eigenvalue weighted by atomic mass is 35.5. The first-order valence-electron chi connectivity index (χ1n) is 8.38. The molecular formula is C17H24ClN3O3S. The number of rotatable bonds is 7. The first kappa shape index (κ1) is 19.8. The van der Waals surface area contributed by atoms with E-state index in [9.17, 15) is 4.79 Å². The minimum atomic E-state index is -0.141. The zero-order valence-corrected chi connectivity index (χ0v) is 15.8. The van der Waals surface area contributed by atoms with Crippen molar-refractivity contribution in [1.29, 1.82) is 0 Å². The molecule has 1 fully saturated rings. The molecular weight excluding hydrogens is 362 g/mol. The Morgan fingerprint density at radius 1 is 1.44 bits per heavy atom. The molecule has 1 aromatic carbocycles. The van der Waals surface area contributed by atoms with Crippen LogP contribution in [0.4, 0.5) is 0 Å². The summed E-state index contributed by atoms with van der Waals surface area (Å²) >= 11 is 11.0. The molecule has 0 aromatic heterocycles. The van der Waals surface area contributed by atoms with Crippen LogP contribution < -0.4 is 20.9 Å². The average Bonchev–Trinajstić information content (AvgIpc) is 3.10. The van der Waals surface area contributed by atoms with Crippen LogP contribution in [0.15, 0.2) is 18.2 Å². The number of halogens is 1. The van der Waals surface area contributed by atoms with Crippen LogP contribution in [0.3, 0.4) is 0 Å². The second kappa shape index (κ2) is 10.4. The summed E-state index contributed by atoms with van der Waals surface area (Å²) < 4.78 is 11.1. The van der Waals surface area contributed by atoms with E-state index in [0.29, 0.717) is 36.1 Å². The lowest BCUT2D eigenvalue weighted by Crippen LogP contribution is -2.48. The van der Waals surface area contributed by atoms with Crippen LogP contribution in [0.25, 0.3) is 0 Å². The third-order valence-corrected chi connectivity index (χ3v) is 4.25. The normalized spacial score (nSPS) is 16.3. The fourth-order valence-electron chi connectivity index (χ4n) is 2.43. The Hall–Kier alpha value is -1.57. The summed E-state index contributed by atoms with van der Waals surface area (Å²) in [7, 11) is 0. The fourth-order valence-corrected chi connectivity index (χ4v) is 2.80. The molecule has 3 N–H and O–H groups in total. The van der Waals surface area contributed by atoms with Crippen LogP contribution in [0, 0.1) is 6.92 Å². The van der Waals surface area contributed by atoms with Crippen molar-refractivity contribution in [1.82, 2.24) is 16.2 Å². The molecule has 1 saturated heterocycles. The summed E-state index contributed by atoms with van der Waals surface area (Å²) in [6.07, 6.45) is 3.26. The molecule has 1 aromatic rings. The van der Waals surface area contributed by atoms with Gasteiger partial charge in [-0.05, 0) is 62.2 Å². The number of hydrazine groups is 1. The molecule has 0 radical (unpaired) electrons. The third kappa shape index (κ3) is 7.46. The Labute approximate surface area is 158 Å². The fraction of sp³-hybridized carbons (Fsp3) is 0.529. The number of carbonyl (C=O) groups is 1. The Kier molecular flexibility index (Phi) is 8.24. The Morgan fingerprint density at radius 2 is 2.28 bits per heavy atom. The number of carbonyl (C=O) groups excluding carboxylic acids is 1. The van der Waals surface area contributed by atoms with Crippen LogP contribution >= 0.6 is 23.8 Å². The minimum absolute atomic E-state index is 0.141. The maximum absolute atomic E-state index is 11.8. The van der Waals surface area contributed by atoms with Crippen molar-refractivity contribution in [3.8, 4) is 5.75 Å². The zero-order chi connectivity index (χ0) is 18.1. The van der Waals surface area contributed by atoms with Gasteiger partial charge in [0, 0.05) is 24.6 Å². The molecule has 25 heavy (non-hydrogen) atoms. The number of benzene rings is 1. The van der Waals surface area contributed by atoms with E-state index in [0.717, 1.165) is 30.8 Å². The van der Waals surface area contributed by atoms with Crippen molar-refractivity contribution in [2.75, 3.05) is 19.8 Å². The molecule has 1 aliphatic heterocycles. The topological polar surface area (TPSA) is 71.6 Å². The van der Waals surface area contributed by atoms with Crippen molar-refractivity contribution in [3.63, 3.8) is 0 Å². The van der Waals surface area contributed by atoms with E-state index in [4.69, 9.17) is 33.3 Å². The molecule has 0 spiro atoms. The van der Waals surface area contributed by atoms with E-state index in [1.165, 1.54) is 0 Å². The summed E-state index contributed by atoms with van der Waals surface area (Å²) in [5.41, 5.74) is 6.23. The smallest absolute Gasteiger partial charge is 0.238 e. The van der Waals surface area contributed by atoms with Gasteiger partial charge in [-0.15, -0.1) is 0 Å². The number of aryl methyl sites for hydroxylation is 1. The van der Waals surface area contributed by atoms with Crippen molar-refractivity contribution < 1.29 is 14.3 Å². The van der Waals surface area contributed by atoms with E-state index in [1.54, 1.807) is 6.07 Å². The zero-order valence-electron chi connectivity index (χ0n) is 14.3. The molecule has 1 aliphatic rings. The van der Waals surface area contributed by atoms with E-state index < -0.39 is 0 Å². The highest BCUT2D eigenvalue weighted by Crippen LogP contribution is 2.21. The number of thiocarbonyl (C=S) groups is 1. The molecule has 1 amide bonds. The second-order valence-corrected chi connectivity index (χ2v) is 6.72. The summed E-state index contributed by atoms with van der Waals surface area (Å²) in [4.78, 5) is 11.8. The van der Waals surface area contributed by atoms with E-state index in [2.05, 4.69) is 16.2 Å². The summed E-state index contributed by atoms with van der Waals surface area (Å²) in [5.74, 6) is 0.639.